The van der Waals surface area contributed by atoms with Gasteiger partial charge in [-0.05, 0) is 120 Å². The van der Waals surface area contributed by atoms with Crippen LogP contribution in [0.4, 0.5) is 14.9 Å². The molecule has 10 heteroatoms. The number of anilines is 1. The number of aromatic amines is 1. The Kier molecular flexibility index (Phi) is 13.0. The molecule has 3 aromatic rings. The van der Waals surface area contributed by atoms with E-state index in [1.807, 2.05) is 13.8 Å². The molecule has 0 spiro atoms. The molecule has 288 valence electrons. The van der Waals surface area contributed by atoms with Crippen LogP contribution in [0.1, 0.15) is 117 Å². The molecule has 0 saturated carbocycles. The first kappa shape index (κ1) is 40.2. The number of carbonyl (C=O) groups is 3. The van der Waals surface area contributed by atoms with Crippen LogP contribution in [0.5, 0.6) is 11.5 Å². The smallest absolute Gasteiger partial charge is 0.427 e. The van der Waals surface area contributed by atoms with E-state index in [4.69, 9.17) is 4.74 Å². The van der Waals surface area contributed by atoms with Gasteiger partial charge in [-0.2, -0.15) is 0 Å². The van der Waals surface area contributed by atoms with Gasteiger partial charge < -0.3 is 25.0 Å². The lowest BCUT2D eigenvalue weighted by Crippen LogP contribution is -2.36. The maximum atomic E-state index is 14.8. The zero-order chi connectivity index (χ0) is 39.3. The molecule has 0 radical (unpaired) electrons. The molecule has 3 N–H and O–H groups in total. The van der Waals surface area contributed by atoms with Crippen LogP contribution in [0.3, 0.4) is 0 Å². The van der Waals surface area contributed by atoms with Gasteiger partial charge in [0.25, 0.3) is 11.8 Å². The normalized spacial score (nSPS) is 17.6. The van der Waals surface area contributed by atoms with Gasteiger partial charge in [-0.15, -0.1) is 0 Å². The highest BCUT2D eigenvalue weighted by atomic mass is 19.1. The third kappa shape index (κ3) is 8.54. The van der Waals surface area contributed by atoms with Crippen LogP contribution < -0.4 is 15.0 Å². The molecule has 0 saturated heterocycles. The van der Waals surface area contributed by atoms with Crippen molar-refractivity contribution in [3.63, 3.8) is 0 Å². The van der Waals surface area contributed by atoms with Gasteiger partial charge in [0.05, 0.1) is 16.8 Å². The average molecular weight is 739 g/mol. The predicted molar refractivity (Wildman–Crippen MR) is 214 cm³/mol. The number of hydrogen-bond acceptors (Lipinski definition) is 6. The van der Waals surface area contributed by atoms with E-state index >= 15 is 0 Å². The number of aryl methyl sites for hydroxylation is 2. The number of hydrogen-bond donors (Lipinski definition) is 3. The fourth-order valence-corrected chi connectivity index (χ4v) is 7.80. The summed E-state index contributed by atoms with van der Waals surface area (Å²) >= 11 is 0. The third-order valence-corrected chi connectivity index (χ3v) is 10.9. The number of rotatable bonds is 14. The van der Waals surface area contributed by atoms with E-state index in [-0.39, 0.29) is 46.1 Å². The topological polar surface area (TPSA) is 115 Å². The number of fused-ring (bicyclic) bond motifs is 1. The molecule has 0 bridgehead atoms. The summed E-state index contributed by atoms with van der Waals surface area (Å²) in [6, 6.07) is 7.33. The van der Waals surface area contributed by atoms with Crippen molar-refractivity contribution < 1.29 is 28.6 Å². The van der Waals surface area contributed by atoms with Crippen LogP contribution in [0.25, 0.3) is 11.6 Å². The first-order valence-corrected chi connectivity index (χ1v) is 19.2. The quantitative estimate of drug-likeness (QED) is 0.0863. The second kappa shape index (κ2) is 17.5. The number of aromatic nitrogens is 1. The molecular formula is C44H55FN4O5. The predicted octanol–water partition coefficient (Wildman–Crippen LogP) is 9.38. The lowest BCUT2D eigenvalue weighted by atomic mass is 9.73. The maximum absolute atomic E-state index is 14.8. The van der Waals surface area contributed by atoms with Gasteiger partial charge in [-0.25, -0.2) is 14.1 Å². The van der Waals surface area contributed by atoms with Crippen LogP contribution in [-0.2, 0) is 11.2 Å². The standard InChI is InChI=1S/C44H55FN4O5/c1-9-12-13-14-30-22-38(50)41(34-21-27(6)15-17-32(34)26(4)5)39(23-30)54-44(53)49-37-18-16-31(45)24-33(37)35(43(49)52)25-36-28(7)40(29(8)47-36)42(51)46-19-20-48(10-2)11-3/h16,18,21-25,32,34,47,50H,4,9-15,17,19-20H2,1-3,5-8H3,(H,46,51)/b35-25-. The zero-order valence-corrected chi connectivity index (χ0v) is 32.8. The van der Waals surface area contributed by atoms with Crippen molar-refractivity contribution in [3.8, 4) is 11.5 Å². The van der Waals surface area contributed by atoms with E-state index in [1.54, 1.807) is 32.1 Å². The number of imide groups is 1. The summed E-state index contributed by atoms with van der Waals surface area (Å²) in [6.45, 7) is 21.1. The Morgan fingerprint density at radius 1 is 1.13 bits per heavy atom. The number of H-pyrrole nitrogens is 1. The number of nitrogens with one attached hydrogen (secondary N) is 2. The number of ether oxygens (including phenoxy) is 1. The Balaban J connectivity index is 1.51. The second-order valence-corrected chi connectivity index (χ2v) is 14.7. The fraction of sp³-hybridized carbons (Fsp3) is 0.432. The highest BCUT2D eigenvalue weighted by Crippen LogP contribution is 2.48. The number of amides is 3. The molecule has 0 fully saturated rings. The van der Waals surface area contributed by atoms with Crippen molar-refractivity contribution in [1.82, 2.24) is 15.2 Å². The number of aromatic hydroxyl groups is 1. The number of halogens is 1. The minimum atomic E-state index is -0.973. The Hall–Kier alpha value is -4.96. The van der Waals surface area contributed by atoms with E-state index in [0.29, 0.717) is 41.0 Å². The van der Waals surface area contributed by atoms with E-state index in [2.05, 4.69) is 48.6 Å². The fourth-order valence-electron chi connectivity index (χ4n) is 7.80. The third-order valence-electron chi connectivity index (χ3n) is 10.9. The Morgan fingerprint density at radius 3 is 2.56 bits per heavy atom. The van der Waals surface area contributed by atoms with Crippen molar-refractivity contribution >= 4 is 35.2 Å². The summed E-state index contributed by atoms with van der Waals surface area (Å²) in [7, 11) is 0. The van der Waals surface area contributed by atoms with Gasteiger partial charge in [-0.1, -0.05) is 57.4 Å². The van der Waals surface area contributed by atoms with Gasteiger partial charge in [0.15, 0.2) is 0 Å². The molecular weight excluding hydrogens is 684 g/mol. The highest BCUT2D eigenvalue weighted by molar-refractivity contribution is 6.41. The number of benzene rings is 2. The van der Waals surface area contributed by atoms with Crippen LogP contribution in [0.15, 0.2) is 54.1 Å². The van der Waals surface area contributed by atoms with Crippen molar-refractivity contribution in [3.05, 3.63) is 99.2 Å². The molecule has 5 rings (SSSR count). The number of phenols is 1. The summed E-state index contributed by atoms with van der Waals surface area (Å²) in [5.74, 6) is -1.59. The van der Waals surface area contributed by atoms with Crippen LogP contribution in [0, 0.1) is 25.6 Å². The molecule has 1 aliphatic heterocycles. The van der Waals surface area contributed by atoms with Crippen molar-refractivity contribution in [2.75, 3.05) is 31.1 Å². The maximum Gasteiger partial charge on any atom is 0.427 e. The Bertz CT molecular complexity index is 1990. The van der Waals surface area contributed by atoms with E-state index < -0.39 is 17.8 Å². The number of unbranched alkanes of at least 4 members (excludes halogenated alkanes) is 2. The molecule has 9 nitrogen and oxygen atoms in total. The first-order valence-electron chi connectivity index (χ1n) is 19.2. The number of allylic oxidation sites excluding steroid dienone is 3. The Morgan fingerprint density at radius 2 is 1.87 bits per heavy atom. The molecule has 2 unspecified atom stereocenters. The Labute approximate surface area is 319 Å². The van der Waals surface area contributed by atoms with Gasteiger partial charge in [0, 0.05) is 41.5 Å². The van der Waals surface area contributed by atoms with Crippen LogP contribution in [-0.4, -0.2) is 59.1 Å². The number of phenolic OH excluding ortho intramolecular Hbond substituents is 1. The van der Waals surface area contributed by atoms with Crippen LogP contribution >= 0.6 is 0 Å². The first-order chi connectivity index (χ1) is 25.8. The van der Waals surface area contributed by atoms with Gasteiger partial charge in [-0.3, -0.25) is 9.59 Å². The summed E-state index contributed by atoms with van der Waals surface area (Å²) < 4.78 is 20.9. The molecule has 2 atom stereocenters. The molecule has 1 aromatic heterocycles. The zero-order valence-electron chi connectivity index (χ0n) is 32.8. The van der Waals surface area contributed by atoms with Crippen molar-refractivity contribution in [2.45, 2.75) is 92.9 Å². The molecule has 3 amide bonds. The molecule has 2 heterocycles. The molecule has 1 aliphatic carbocycles. The highest BCUT2D eigenvalue weighted by Gasteiger charge is 2.40. The van der Waals surface area contributed by atoms with Crippen LogP contribution in [0.2, 0.25) is 0 Å². The molecule has 54 heavy (non-hydrogen) atoms. The summed E-state index contributed by atoms with van der Waals surface area (Å²) in [5.41, 5.74) is 6.07. The SMILES string of the molecule is C=C(C)C1CCC(C)=CC1c1c(O)cc(CCCCC)cc1OC(=O)N1C(=O)/C(=C\c2[nH]c(C)c(C(=O)NCCN(CC)CC)c2C)c2cc(F)ccc21. The van der Waals surface area contributed by atoms with E-state index in [1.165, 1.54) is 18.2 Å². The number of carbonyl (C=O) groups excluding carboxylic acids is 3. The molecule has 2 aliphatic rings. The van der Waals surface area contributed by atoms with Gasteiger partial charge >= 0.3 is 6.09 Å². The second-order valence-electron chi connectivity index (χ2n) is 14.7. The monoisotopic (exact) mass is 738 g/mol. The van der Waals surface area contributed by atoms with E-state index in [9.17, 15) is 23.9 Å². The van der Waals surface area contributed by atoms with Crippen molar-refractivity contribution in [1.29, 1.82) is 0 Å². The largest absolute Gasteiger partial charge is 0.507 e. The lowest BCUT2D eigenvalue weighted by molar-refractivity contribution is -0.112. The van der Waals surface area contributed by atoms with Gasteiger partial charge in [0.1, 0.15) is 17.3 Å². The summed E-state index contributed by atoms with van der Waals surface area (Å²) in [5, 5.41) is 14.6. The lowest BCUT2D eigenvalue weighted by Gasteiger charge is -2.32. The van der Waals surface area contributed by atoms with E-state index in [0.717, 1.165) is 73.3 Å². The summed E-state index contributed by atoms with van der Waals surface area (Å²) in [6.07, 6.45) is 8.03. The summed E-state index contributed by atoms with van der Waals surface area (Å²) in [4.78, 5) is 48.1. The van der Waals surface area contributed by atoms with Gasteiger partial charge in [0.2, 0.25) is 0 Å². The molecule has 2 aromatic carbocycles. The minimum absolute atomic E-state index is 0.0106. The number of nitrogens with zero attached hydrogens (tertiary/aromatic N) is 2. The van der Waals surface area contributed by atoms with Crippen molar-refractivity contribution in [2.24, 2.45) is 5.92 Å². The average Bonchev–Trinajstić information content (AvgIpc) is 3.56. The minimum Gasteiger partial charge on any atom is -0.507 e. The number of likely N-dealkylation sites (N-methyl/N-ethyl adjacent to an activating group) is 1.